The highest BCUT2D eigenvalue weighted by molar-refractivity contribution is 5.79. The predicted molar refractivity (Wildman–Crippen MR) is 67.4 cm³/mol. The maximum absolute atomic E-state index is 12.1. The lowest BCUT2D eigenvalue weighted by molar-refractivity contribution is -0.126. The fraction of sp³-hybridized carbons (Fsp3) is 0.750. The van der Waals surface area contributed by atoms with E-state index in [1.54, 1.807) is 6.33 Å². The number of nitrogens with one attached hydrogen (secondary N) is 1. The quantitative estimate of drug-likeness (QED) is 0.787. The van der Waals surface area contributed by atoms with Gasteiger partial charge in [0.25, 0.3) is 0 Å². The van der Waals surface area contributed by atoms with E-state index in [1.165, 1.54) is 0 Å². The van der Waals surface area contributed by atoms with Crippen LogP contribution >= 0.6 is 0 Å². The number of aryl methyl sites for hydroxylation is 1. The third kappa shape index (κ3) is 2.69. The van der Waals surface area contributed by atoms with Gasteiger partial charge in [0.1, 0.15) is 6.33 Å². The summed E-state index contributed by atoms with van der Waals surface area (Å²) < 4.78 is 1.93. The Bertz CT molecular complexity index is 403. The van der Waals surface area contributed by atoms with Crippen LogP contribution in [0.3, 0.4) is 0 Å². The molecular formula is C12H21N5O. The van der Waals surface area contributed by atoms with E-state index in [-0.39, 0.29) is 11.8 Å². The van der Waals surface area contributed by atoms with Crippen molar-refractivity contribution in [2.75, 3.05) is 6.54 Å². The Morgan fingerprint density at radius 2 is 2.44 bits per heavy atom. The van der Waals surface area contributed by atoms with E-state index in [0.29, 0.717) is 19.0 Å². The van der Waals surface area contributed by atoms with Crippen molar-refractivity contribution >= 4 is 5.91 Å². The van der Waals surface area contributed by atoms with Crippen LogP contribution in [0.15, 0.2) is 6.33 Å². The van der Waals surface area contributed by atoms with Crippen LogP contribution in [-0.2, 0) is 17.9 Å². The molecule has 18 heavy (non-hydrogen) atoms. The van der Waals surface area contributed by atoms with Crippen molar-refractivity contribution in [3.63, 3.8) is 0 Å². The molecule has 3 N–H and O–H groups in total. The van der Waals surface area contributed by atoms with Gasteiger partial charge in [0.15, 0.2) is 5.82 Å². The molecule has 2 rings (SSSR count). The first kappa shape index (κ1) is 13.0. The van der Waals surface area contributed by atoms with Gasteiger partial charge in [-0.1, -0.05) is 6.42 Å². The summed E-state index contributed by atoms with van der Waals surface area (Å²) in [5.74, 6) is 1.32. The summed E-state index contributed by atoms with van der Waals surface area (Å²) in [6.07, 6.45) is 4.80. The van der Waals surface area contributed by atoms with Crippen LogP contribution in [0, 0.1) is 11.8 Å². The topological polar surface area (TPSA) is 85.8 Å². The third-order valence-corrected chi connectivity index (χ3v) is 3.76. The molecule has 6 nitrogen and oxygen atoms in total. The van der Waals surface area contributed by atoms with Gasteiger partial charge in [-0.15, -0.1) is 10.2 Å². The smallest absolute Gasteiger partial charge is 0.223 e. The first-order valence-corrected chi connectivity index (χ1v) is 6.60. The molecular weight excluding hydrogens is 230 g/mol. The van der Waals surface area contributed by atoms with Crippen molar-refractivity contribution in [3.8, 4) is 0 Å². The predicted octanol–water partition coefficient (Wildman–Crippen LogP) is 0.289. The van der Waals surface area contributed by atoms with E-state index >= 15 is 0 Å². The fourth-order valence-electron chi connectivity index (χ4n) is 2.64. The Hall–Kier alpha value is -1.43. The number of carbonyl (C=O) groups excluding carboxylic acids is 1. The van der Waals surface area contributed by atoms with Gasteiger partial charge in [-0.2, -0.15) is 0 Å². The summed E-state index contributed by atoms with van der Waals surface area (Å²) in [6.45, 7) is 3.88. The normalized spacial score (nSPS) is 23.2. The van der Waals surface area contributed by atoms with Gasteiger partial charge < -0.3 is 15.6 Å². The van der Waals surface area contributed by atoms with Crippen LogP contribution in [0.4, 0.5) is 0 Å². The van der Waals surface area contributed by atoms with E-state index in [0.717, 1.165) is 31.6 Å². The average Bonchev–Trinajstić information content (AvgIpc) is 3.03. The summed E-state index contributed by atoms with van der Waals surface area (Å²) in [6, 6.07) is 0. The van der Waals surface area contributed by atoms with Crippen molar-refractivity contribution in [3.05, 3.63) is 12.2 Å². The second kappa shape index (κ2) is 5.95. The molecule has 1 fully saturated rings. The van der Waals surface area contributed by atoms with Gasteiger partial charge in [0.2, 0.25) is 5.91 Å². The van der Waals surface area contributed by atoms with Crippen LogP contribution in [0.1, 0.15) is 32.0 Å². The lowest BCUT2D eigenvalue weighted by Gasteiger charge is -2.17. The Labute approximate surface area is 107 Å². The van der Waals surface area contributed by atoms with Crippen molar-refractivity contribution in [1.29, 1.82) is 0 Å². The molecule has 0 saturated heterocycles. The summed E-state index contributed by atoms with van der Waals surface area (Å²) >= 11 is 0. The van der Waals surface area contributed by atoms with E-state index in [1.807, 2.05) is 11.5 Å². The van der Waals surface area contributed by atoms with E-state index in [9.17, 15) is 4.79 Å². The SMILES string of the molecule is CCn1cnnc1CNC(=O)C1CCCC1CN. The number of hydrogen-bond acceptors (Lipinski definition) is 4. The van der Waals surface area contributed by atoms with Crippen LogP contribution in [-0.4, -0.2) is 27.2 Å². The number of carbonyl (C=O) groups is 1. The highest BCUT2D eigenvalue weighted by atomic mass is 16.1. The molecule has 0 spiro atoms. The number of hydrogen-bond donors (Lipinski definition) is 2. The van der Waals surface area contributed by atoms with Gasteiger partial charge in [-0.3, -0.25) is 4.79 Å². The average molecular weight is 251 g/mol. The molecule has 2 atom stereocenters. The first-order valence-electron chi connectivity index (χ1n) is 6.60. The van der Waals surface area contributed by atoms with Gasteiger partial charge >= 0.3 is 0 Å². The second-order valence-electron chi connectivity index (χ2n) is 4.78. The second-order valence-corrected chi connectivity index (χ2v) is 4.78. The van der Waals surface area contributed by atoms with Gasteiger partial charge in [-0.25, -0.2) is 0 Å². The molecule has 1 amide bonds. The monoisotopic (exact) mass is 251 g/mol. The zero-order chi connectivity index (χ0) is 13.0. The number of amides is 1. The Morgan fingerprint density at radius 3 is 3.17 bits per heavy atom. The molecule has 0 radical (unpaired) electrons. The zero-order valence-electron chi connectivity index (χ0n) is 10.8. The molecule has 0 aliphatic heterocycles. The minimum atomic E-state index is 0.0768. The van der Waals surface area contributed by atoms with E-state index in [2.05, 4.69) is 15.5 Å². The minimum absolute atomic E-state index is 0.0768. The molecule has 1 aliphatic rings. The Balaban J connectivity index is 1.88. The molecule has 0 bridgehead atoms. The van der Waals surface area contributed by atoms with Crippen molar-refractivity contribution in [2.24, 2.45) is 17.6 Å². The highest BCUT2D eigenvalue weighted by Crippen LogP contribution is 2.30. The highest BCUT2D eigenvalue weighted by Gasteiger charge is 2.31. The maximum atomic E-state index is 12.1. The van der Waals surface area contributed by atoms with E-state index < -0.39 is 0 Å². The zero-order valence-corrected chi connectivity index (χ0v) is 10.8. The molecule has 100 valence electrons. The summed E-state index contributed by atoms with van der Waals surface area (Å²) in [5, 5.41) is 10.8. The molecule has 2 unspecified atom stereocenters. The number of rotatable bonds is 5. The third-order valence-electron chi connectivity index (χ3n) is 3.76. The molecule has 1 aliphatic carbocycles. The Morgan fingerprint density at radius 1 is 1.61 bits per heavy atom. The van der Waals surface area contributed by atoms with Crippen molar-refractivity contribution < 1.29 is 4.79 Å². The van der Waals surface area contributed by atoms with E-state index in [4.69, 9.17) is 5.73 Å². The summed E-state index contributed by atoms with van der Waals surface area (Å²) in [7, 11) is 0. The fourth-order valence-corrected chi connectivity index (χ4v) is 2.64. The van der Waals surface area contributed by atoms with Crippen LogP contribution in [0.25, 0.3) is 0 Å². The molecule has 1 heterocycles. The number of aromatic nitrogens is 3. The first-order chi connectivity index (χ1) is 8.76. The molecule has 6 heteroatoms. The maximum Gasteiger partial charge on any atom is 0.223 e. The lowest BCUT2D eigenvalue weighted by atomic mass is 9.95. The molecule has 1 saturated carbocycles. The number of nitrogens with two attached hydrogens (primary N) is 1. The molecule has 0 aromatic carbocycles. The standard InChI is InChI=1S/C12H21N5O/c1-2-17-8-15-16-11(17)7-14-12(18)10-5-3-4-9(10)6-13/h8-10H,2-7,13H2,1H3,(H,14,18). The molecule has 1 aromatic heterocycles. The Kier molecular flexibility index (Phi) is 4.30. The number of nitrogens with zero attached hydrogens (tertiary/aromatic N) is 3. The van der Waals surface area contributed by atoms with Gasteiger partial charge in [0.05, 0.1) is 6.54 Å². The summed E-state index contributed by atoms with van der Waals surface area (Å²) in [5.41, 5.74) is 5.69. The van der Waals surface area contributed by atoms with Crippen molar-refractivity contribution in [2.45, 2.75) is 39.3 Å². The molecule has 1 aromatic rings. The van der Waals surface area contributed by atoms with Crippen LogP contribution < -0.4 is 11.1 Å². The summed E-state index contributed by atoms with van der Waals surface area (Å²) in [4.78, 5) is 12.1. The largest absolute Gasteiger partial charge is 0.349 e. The lowest BCUT2D eigenvalue weighted by Crippen LogP contribution is -2.35. The van der Waals surface area contributed by atoms with Crippen LogP contribution in [0.2, 0.25) is 0 Å². The minimum Gasteiger partial charge on any atom is -0.349 e. The van der Waals surface area contributed by atoms with Crippen LogP contribution in [0.5, 0.6) is 0 Å². The van der Waals surface area contributed by atoms with Gasteiger partial charge in [0, 0.05) is 12.5 Å². The van der Waals surface area contributed by atoms with Crippen molar-refractivity contribution in [1.82, 2.24) is 20.1 Å². The van der Waals surface area contributed by atoms with Gasteiger partial charge in [-0.05, 0) is 32.2 Å².